The number of carbonyl (C=O) groups is 1. The number of methoxy groups -OCH3 is 1. The molecule has 122 valence electrons. The van der Waals surface area contributed by atoms with Gasteiger partial charge in [-0.05, 0) is 38.3 Å². The molecule has 0 saturated heterocycles. The van der Waals surface area contributed by atoms with E-state index in [4.69, 9.17) is 13.9 Å². The molecule has 1 heterocycles. The van der Waals surface area contributed by atoms with Gasteiger partial charge in [0, 0.05) is 25.2 Å². The first-order valence-electron chi connectivity index (χ1n) is 8.19. The number of hydrogen-bond donors (Lipinski definition) is 1. The molecule has 0 radical (unpaired) electrons. The molecule has 1 N–H and O–H groups in total. The van der Waals surface area contributed by atoms with Gasteiger partial charge >= 0.3 is 0 Å². The number of furan rings is 1. The van der Waals surface area contributed by atoms with Crippen molar-refractivity contribution in [3.8, 4) is 0 Å². The van der Waals surface area contributed by atoms with Crippen LogP contribution < -0.4 is 5.32 Å². The summed E-state index contributed by atoms with van der Waals surface area (Å²) in [5.41, 5.74) is 0.146. The predicted molar refractivity (Wildman–Crippen MR) is 81.6 cm³/mol. The molecule has 0 bridgehead atoms. The topological polar surface area (TPSA) is 60.7 Å². The maximum Gasteiger partial charge on any atom is 0.287 e. The molecule has 5 heteroatoms. The van der Waals surface area contributed by atoms with Crippen LogP contribution in [0.2, 0.25) is 0 Å². The highest BCUT2D eigenvalue weighted by Gasteiger charge is 2.57. The van der Waals surface area contributed by atoms with Crippen LogP contribution in [0.3, 0.4) is 0 Å². The summed E-state index contributed by atoms with van der Waals surface area (Å²) >= 11 is 0. The highest BCUT2D eigenvalue weighted by Crippen LogP contribution is 2.54. The Kier molecular flexibility index (Phi) is 4.54. The molecular weight excluding hydrogens is 282 g/mol. The van der Waals surface area contributed by atoms with Crippen molar-refractivity contribution in [3.63, 3.8) is 0 Å². The Morgan fingerprint density at radius 1 is 1.41 bits per heavy atom. The zero-order chi connectivity index (χ0) is 15.6. The molecule has 2 saturated carbocycles. The minimum atomic E-state index is -0.131. The summed E-state index contributed by atoms with van der Waals surface area (Å²) in [6.45, 7) is 3.16. The molecule has 0 aromatic carbocycles. The third kappa shape index (κ3) is 2.68. The zero-order valence-corrected chi connectivity index (χ0v) is 13.4. The van der Waals surface area contributed by atoms with Crippen molar-refractivity contribution in [2.24, 2.45) is 5.41 Å². The second-order valence-corrected chi connectivity index (χ2v) is 6.34. The summed E-state index contributed by atoms with van der Waals surface area (Å²) in [5, 5.41) is 3.16. The molecule has 22 heavy (non-hydrogen) atoms. The van der Waals surface area contributed by atoms with Crippen molar-refractivity contribution < 1.29 is 18.7 Å². The summed E-state index contributed by atoms with van der Waals surface area (Å²) < 4.78 is 16.4. The Labute approximate surface area is 131 Å². The molecule has 3 rings (SSSR count). The highest BCUT2D eigenvalue weighted by molar-refractivity contribution is 5.91. The fraction of sp³-hybridized carbons (Fsp3) is 0.706. The SMILES string of the molecule is CCO[C@@H]1C[C@H](NC(=O)c2ccc(COC)o2)C12CCCC2. The quantitative estimate of drug-likeness (QED) is 0.878. The summed E-state index contributed by atoms with van der Waals surface area (Å²) in [6, 6.07) is 3.70. The Morgan fingerprint density at radius 3 is 2.86 bits per heavy atom. The Hall–Kier alpha value is -1.33. The van der Waals surface area contributed by atoms with Gasteiger partial charge in [-0.2, -0.15) is 0 Å². The molecule has 1 aromatic heterocycles. The lowest BCUT2D eigenvalue weighted by Gasteiger charge is -2.53. The van der Waals surface area contributed by atoms with Crippen LogP contribution in [0.1, 0.15) is 55.3 Å². The number of carbonyl (C=O) groups excluding carboxylic acids is 1. The molecule has 1 spiro atoms. The van der Waals surface area contributed by atoms with Gasteiger partial charge in [-0.15, -0.1) is 0 Å². The lowest BCUT2D eigenvalue weighted by Crippen LogP contribution is -2.63. The zero-order valence-electron chi connectivity index (χ0n) is 13.4. The molecular formula is C17H25NO4. The maximum absolute atomic E-state index is 12.4. The van der Waals surface area contributed by atoms with Crippen LogP contribution in [0.5, 0.6) is 0 Å². The highest BCUT2D eigenvalue weighted by atomic mass is 16.5. The van der Waals surface area contributed by atoms with Gasteiger partial charge in [-0.1, -0.05) is 12.8 Å². The maximum atomic E-state index is 12.4. The smallest absolute Gasteiger partial charge is 0.287 e. The second kappa shape index (κ2) is 6.42. The summed E-state index contributed by atoms with van der Waals surface area (Å²) in [6.07, 6.45) is 5.96. The van der Waals surface area contributed by atoms with E-state index in [2.05, 4.69) is 5.32 Å². The van der Waals surface area contributed by atoms with E-state index in [-0.39, 0.29) is 17.4 Å². The van der Waals surface area contributed by atoms with Gasteiger partial charge < -0.3 is 19.2 Å². The molecule has 0 unspecified atom stereocenters. The van der Waals surface area contributed by atoms with E-state index < -0.39 is 0 Å². The average molecular weight is 307 g/mol. The van der Waals surface area contributed by atoms with Gasteiger partial charge in [-0.3, -0.25) is 4.79 Å². The van der Waals surface area contributed by atoms with Crippen molar-refractivity contribution in [1.82, 2.24) is 5.32 Å². The largest absolute Gasteiger partial charge is 0.453 e. The van der Waals surface area contributed by atoms with Crippen LogP contribution in [0.25, 0.3) is 0 Å². The summed E-state index contributed by atoms with van der Waals surface area (Å²) in [7, 11) is 1.61. The molecule has 0 aliphatic heterocycles. The fourth-order valence-corrected chi connectivity index (χ4v) is 4.04. The number of nitrogens with one attached hydrogen (secondary N) is 1. The standard InChI is InChI=1S/C17H25NO4/c1-3-21-15-10-14(17(15)8-4-5-9-17)18-16(19)13-7-6-12(22-13)11-20-2/h6-7,14-15H,3-5,8-11H2,1-2H3,(H,18,19)/t14-,15+/m0/s1. The number of amides is 1. The minimum absolute atomic E-state index is 0.131. The Morgan fingerprint density at radius 2 is 2.18 bits per heavy atom. The predicted octanol–water partition coefficient (Wildman–Crippen LogP) is 2.89. The van der Waals surface area contributed by atoms with E-state index in [1.165, 1.54) is 12.8 Å². The van der Waals surface area contributed by atoms with Crippen LogP contribution in [0.4, 0.5) is 0 Å². The first-order valence-corrected chi connectivity index (χ1v) is 8.19. The van der Waals surface area contributed by atoms with Crippen molar-refractivity contribution in [1.29, 1.82) is 0 Å². The van der Waals surface area contributed by atoms with Crippen LogP contribution >= 0.6 is 0 Å². The van der Waals surface area contributed by atoms with Crippen molar-refractivity contribution in [2.75, 3.05) is 13.7 Å². The van der Waals surface area contributed by atoms with E-state index >= 15 is 0 Å². The first-order chi connectivity index (χ1) is 10.7. The third-order valence-electron chi connectivity index (χ3n) is 5.16. The van der Waals surface area contributed by atoms with Crippen molar-refractivity contribution in [3.05, 3.63) is 23.7 Å². The molecule has 5 nitrogen and oxygen atoms in total. The molecule has 1 aromatic rings. The summed E-state index contributed by atoms with van der Waals surface area (Å²) in [4.78, 5) is 12.4. The van der Waals surface area contributed by atoms with Crippen LogP contribution in [-0.4, -0.2) is 31.8 Å². The van der Waals surface area contributed by atoms with Gasteiger partial charge in [0.15, 0.2) is 5.76 Å². The van der Waals surface area contributed by atoms with E-state index in [1.807, 2.05) is 6.92 Å². The monoisotopic (exact) mass is 307 g/mol. The van der Waals surface area contributed by atoms with Crippen molar-refractivity contribution in [2.45, 2.75) is 57.8 Å². The Bertz CT molecular complexity index is 518. The molecule has 2 atom stereocenters. The molecule has 2 aliphatic rings. The van der Waals surface area contributed by atoms with Gasteiger partial charge in [0.05, 0.1) is 6.10 Å². The fourth-order valence-electron chi connectivity index (χ4n) is 4.04. The number of hydrogen-bond acceptors (Lipinski definition) is 4. The molecule has 2 fully saturated rings. The van der Waals surface area contributed by atoms with Crippen LogP contribution in [-0.2, 0) is 16.1 Å². The lowest BCUT2D eigenvalue weighted by molar-refractivity contribution is -0.127. The van der Waals surface area contributed by atoms with Gasteiger partial charge in [-0.25, -0.2) is 0 Å². The minimum Gasteiger partial charge on any atom is -0.453 e. The summed E-state index contributed by atoms with van der Waals surface area (Å²) in [5.74, 6) is 0.901. The van der Waals surface area contributed by atoms with E-state index in [1.54, 1.807) is 19.2 Å². The van der Waals surface area contributed by atoms with E-state index in [0.717, 1.165) is 25.9 Å². The van der Waals surface area contributed by atoms with E-state index in [9.17, 15) is 4.79 Å². The molecule has 1 amide bonds. The van der Waals surface area contributed by atoms with Gasteiger partial charge in [0.25, 0.3) is 5.91 Å². The lowest BCUT2D eigenvalue weighted by atomic mass is 9.60. The van der Waals surface area contributed by atoms with Crippen LogP contribution in [0.15, 0.2) is 16.5 Å². The van der Waals surface area contributed by atoms with E-state index in [0.29, 0.717) is 24.2 Å². The van der Waals surface area contributed by atoms with Gasteiger partial charge in [0.2, 0.25) is 0 Å². The van der Waals surface area contributed by atoms with Gasteiger partial charge in [0.1, 0.15) is 12.4 Å². The normalized spacial score (nSPS) is 26.1. The third-order valence-corrected chi connectivity index (χ3v) is 5.16. The average Bonchev–Trinajstić information content (AvgIpc) is 3.17. The number of rotatable bonds is 6. The van der Waals surface area contributed by atoms with Crippen molar-refractivity contribution >= 4 is 5.91 Å². The van der Waals surface area contributed by atoms with Crippen LogP contribution in [0, 0.1) is 5.41 Å². The second-order valence-electron chi connectivity index (χ2n) is 6.34. The number of ether oxygens (including phenoxy) is 2. The Balaban J connectivity index is 1.63. The first kappa shape index (κ1) is 15.6. The molecule has 2 aliphatic carbocycles.